The summed E-state index contributed by atoms with van der Waals surface area (Å²) in [6.07, 6.45) is 0.389. The highest BCUT2D eigenvalue weighted by atomic mass is 35.5. The highest BCUT2D eigenvalue weighted by Gasteiger charge is 2.30. The van der Waals surface area contributed by atoms with E-state index < -0.39 is 16.1 Å². The van der Waals surface area contributed by atoms with Gasteiger partial charge >= 0.3 is 0 Å². The monoisotopic (exact) mass is 394 g/mol. The van der Waals surface area contributed by atoms with E-state index >= 15 is 0 Å². The van der Waals surface area contributed by atoms with Gasteiger partial charge in [0.05, 0.1) is 10.9 Å². The van der Waals surface area contributed by atoms with Crippen LogP contribution in [0.3, 0.4) is 0 Å². The number of ether oxygens (including phenoxy) is 1. The van der Waals surface area contributed by atoms with E-state index in [0.717, 1.165) is 5.56 Å². The highest BCUT2D eigenvalue weighted by molar-refractivity contribution is 7.89. The number of hydrogen-bond acceptors (Lipinski definition) is 4. The Balaban J connectivity index is 1.74. The van der Waals surface area contributed by atoms with Crippen molar-refractivity contribution in [1.82, 2.24) is 5.32 Å². The first-order valence-corrected chi connectivity index (χ1v) is 10.1. The number of rotatable bonds is 5. The van der Waals surface area contributed by atoms with E-state index in [1.807, 2.05) is 6.92 Å². The van der Waals surface area contributed by atoms with Crippen LogP contribution in [0.15, 0.2) is 47.4 Å². The maximum Gasteiger partial charge on any atom is 0.261 e. The lowest BCUT2D eigenvalue weighted by Gasteiger charge is -2.20. The van der Waals surface area contributed by atoms with Crippen molar-refractivity contribution in [2.75, 3.05) is 0 Å². The Morgan fingerprint density at radius 2 is 2.12 bits per heavy atom. The van der Waals surface area contributed by atoms with Gasteiger partial charge in [-0.15, -0.1) is 0 Å². The zero-order valence-corrected chi connectivity index (χ0v) is 15.7. The summed E-state index contributed by atoms with van der Waals surface area (Å²) in [6, 6.07) is 11.2. The van der Waals surface area contributed by atoms with Gasteiger partial charge in [0.2, 0.25) is 10.0 Å². The number of hydrogen-bond donors (Lipinski definition) is 2. The van der Waals surface area contributed by atoms with Crippen LogP contribution in [0, 0.1) is 0 Å². The molecule has 1 aliphatic rings. The molecule has 0 fully saturated rings. The fourth-order valence-corrected chi connectivity index (χ4v) is 3.72. The minimum Gasteiger partial charge on any atom is -0.480 e. The van der Waals surface area contributed by atoms with Crippen LogP contribution in [-0.4, -0.2) is 20.4 Å². The van der Waals surface area contributed by atoms with E-state index in [2.05, 4.69) is 5.32 Å². The largest absolute Gasteiger partial charge is 0.480 e. The lowest BCUT2D eigenvalue weighted by molar-refractivity contribution is -0.128. The zero-order chi connectivity index (χ0) is 18.9. The summed E-state index contributed by atoms with van der Waals surface area (Å²) in [5, 5.41) is 8.70. The molecule has 8 heteroatoms. The smallest absolute Gasteiger partial charge is 0.261 e. The van der Waals surface area contributed by atoms with Gasteiger partial charge in [0, 0.05) is 11.4 Å². The van der Waals surface area contributed by atoms with Crippen molar-refractivity contribution in [3.8, 4) is 5.75 Å². The molecule has 0 saturated carbocycles. The molecule has 138 valence electrons. The molecule has 0 aliphatic carbocycles. The number of sulfonamides is 1. The second-order valence-corrected chi connectivity index (χ2v) is 8.15. The molecule has 1 amide bonds. The van der Waals surface area contributed by atoms with Gasteiger partial charge < -0.3 is 10.1 Å². The second kappa shape index (κ2) is 7.26. The maximum absolute atomic E-state index is 12.6. The SMILES string of the molecule is CCC(NC(=O)C1Cc2cc(Cl)ccc2O1)c1cccc(S(N)(=O)=O)c1. The van der Waals surface area contributed by atoms with Gasteiger partial charge in [0.25, 0.3) is 5.91 Å². The molecule has 0 spiro atoms. The summed E-state index contributed by atoms with van der Waals surface area (Å²) in [7, 11) is -3.80. The molecule has 3 rings (SSSR count). The maximum atomic E-state index is 12.6. The van der Waals surface area contributed by atoms with Crippen molar-refractivity contribution >= 4 is 27.5 Å². The quantitative estimate of drug-likeness (QED) is 0.814. The second-order valence-electron chi connectivity index (χ2n) is 6.15. The van der Waals surface area contributed by atoms with E-state index in [-0.39, 0.29) is 16.8 Å². The molecule has 2 atom stereocenters. The minimum absolute atomic E-state index is 0.0156. The summed E-state index contributed by atoms with van der Waals surface area (Å²) in [4.78, 5) is 12.6. The fourth-order valence-electron chi connectivity index (χ4n) is 2.96. The van der Waals surface area contributed by atoms with Crippen LogP contribution in [-0.2, 0) is 21.2 Å². The molecule has 2 unspecified atom stereocenters. The fraction of sp³-hybridized carbons (Fsp3) is 0.278. The van der Waals surface area contributed by atoms with Crippen molar-refractivity contribution in [3.63, 3.8) is 0 Å². The number of halogens is 1. The van der Waals surface area contributed by atoms with E-state index in [1.165, 1.54) is 12.1 Å². The molecular weight excluding hydrogens is 376 g/mol. The Morgan fingerprint density at radius 1 is 1.35 bits per heavy atom. The number of fused-ring (bicyclic) bond motifs is 1. The van der Waals surface area contributed by atoms with Crippen molar-refractivity contribution < 1.29 is 17.9 Å². The van der Waals surface area contributed by atoms with Crippen LogP contribution in [0.5, 0.6) is 5.75 Å². The summed E-state index contributed by atoms with van der Waals surface area (Å²) < 4.78 is 28.8. The molecule has 6 nitrogen and oxygen atoms in total. The predicted molar refractivity (Wildman–Crippen MR) is 98.6 cm³/mol. The average molecular weight is 395 g/mol. The predicted octanol–water partition coefficient (Wildman–Crippen LogP) is 2.56. The number of carbonyl (C=O) groups is 1. The van der Waals surface area contributed by atoms with E-state index in [4.69, 9.17) is 21.5 Å². The molecule has 0 aromatic heterocycles. The Kier molecular flexibility index (Phi) is 5.22. The van der Waals surface area contributed by atoms with Crippen LogP contribution < -0.4 is 15.2 Å². The topological polar surface area (TPSA) is 98.5 Å². The Hall–Kier alpha value is -2.09. The lowest BCUT2D eigenvalue weighted by Crippen LogP contribution is -2.39. The van der Waals surface area contributed by atoms with Crippen LogP contribution in [0.2, 0.25) is 5.02 Å². The molecule has 0 bridgehead atoms. The van der Waals surface area contributed by atoms with E-state index in [9.17, 15) is 13.2 Å². The molecule has 1 heterocycles. The Bertz CT molecular complexity index is 946. The van der Waals surface area contributed by atoms with Crippen LogP contribution >= 0.6 is 11.6 Å². The standard InChI is InChI=1S/C18H19ClN2O4S/c1-2-15(11-4-3-5-14(9-11)26(20,23)24)21-18(22)17-10-12-8-13(19)6-7-16(12)25-17/h3-9,15,17H,2,10H2,1H3,(H,21,22)(H2,20,23,24). The molecule has 3 N–H and O–H groups in total. The first kappa shape index (κ1) is 18.7. The third-order valence-electron chi connectivity index (χ3n) is 4.30. The van der Waals surface area contributed by atoms with Crippen molar-refractivity contribution in [2.45, 2.75) is 36.8 Å². The highest BCUT2D eigenvalue weighted by Crippen LogP contribution is 2.31. The first-order valence-electron chi connectivity index (χ1n) is 8.16. The van der Waals surface area contributed by atoms with Crippen LogP contribution in [0.1, 0.15) is 30.5 Å². The number of benzene rings is 2. The lowest BCUT2D eigenvalue weighted by atomic mass is 10.0. The first-order chi connectivity index (χ1) is 12.3. The van der Waals surface area contributed by atoms with Gasteiger partial charge in [0.1, 0.15) is 5.75 Å². The van der Waals surface area contributed by atoms with E-state index in [1.54, 1.807) is 30.3 Å². The molecule has 26 heavy (non-hydrogen) atoms. The van der Waals surface area contributed by atoms with Crippen LogP contribution in [0.4, 0.5) is 0 Å². The van der Waals surface area contributed by atoms with Gasteiger partial charge in [-0.3, -0.25) is 4.79 Å². The van der Waals surface area contributed by atoms with Gasteiger partial charge in [-0.05, 0) is 47.9 Å². The zero-order valence-electron chi connectivity index (χ0n) is 14.1. The van der Waals surface area contributed by atoms with E-state index in [0.29, 0.717) is 29.2 Å². The van der Waals surface area contributed by atoms with Gasteiger partial charge in [-0.25, -0.2) is 13.6 Å². The van der Waals surface area contributed by atoms with Gasteiger partial charge in [-0.1, -0.05) is 30.7 Å². The number of nitrogens with one attached hydrogen (secondary N) is 1. The molecule has 0 saturated heterocycles. The van der Waals surface area contributed by atoms with Crippen molar-refractivity contribution in [1.29, 1.82) is 0 Å². The van der Waals surface area contributed by atoms with Crippen LogP contribution in [0.25, 0.3) is 0 Å². The summed E-state index contributed by atoms with van der Waals surface area (Å²) in [5.74, 6) is 0.393. The van der Waals surface area contributed by atoms with Crippen molar-refractivity contribution in [3.05, 3.63) is 58.6 Å². The van der Waals surface area contributed by atoms with Crippen molar-refractivity contribution in [2.24, 2.45) is 5.14 Å². The summed E-state index contributed by atoms with van der Waals surface area (Å²) in [5.41, 5.74) is 1.56. The number of primary sulfonamides is 1. The Morgan fingerprint density at radius 3 is 2.81 bits per heavy atom. The summed E-state index contributed by atoms with van der Waals surface area (Å²) in [6.45, 7) is 1.90. The number of carbonyl (C=O) groups excluding carboxylic acids is 1. The Labute approximate surface area is 157 Å². The molecule has 2 aromatic carbocycles. The molecule has 2 aromatic rings. The third kappa shape index (κ3) is 4.00. The van der Waals surface area contributed by atoms with Gasteiger partial charge in [0.15, 0.2) is 6.10 Å². The minimum atomic E-state index is -3.80. The van der Waals surface area contributed by atoms with Gasteiger partial charge in [-0.2, -0.15) is 0 Å². The molecular formula is C18H19ClN2O4S. The molecule has 0 radical (unpaired) electrons. The normalized spacial score (nSPS) is 17.3. The third-order valence-corrected chi connectivity index (χ3v) is 5.45. The summed E-state index contributed by atoms with van der Waals surface area (Å²) >= 11 is 5.97. The number of amides is 1. The average Bonchev–Trinajstić information content (AvgIpc) is 3.02. The molecule has 1 aliphatic heterocycles. The number of nitrogens with two attached hydrogens (primary N) is 1.